The molecule has 0 atom stereocenters. The number of carboxylic acids is 1. The summed E-state index contributed by atoms with van der Waals surface area (Å²) in [6.07, 6.45) is 21.0. The summed E-state index contributed by atoms with van der Waals surface area (Å²) in [6, 6.07) is 0. The van der Waals surface area contributed by atoms with Crippen LogP contribution in [0.4, 0.5) is 0 Å². The number of aliphatic carboxylic acids is 1. The monoisotopic (exact) mass is 2040 g/mol. The molecule has 832 valence electrons. The van der Waals surface area contributed by atoms with Gasteiger partial charge >= 0.3 is 5.97 Å². The van der Waals surface area contributed by atoms with Crippen LogP contribution in [0.25, 0.3) is 0 Å². The van der Waals surface area contributed by atoms with Crippen LogP contribution in [0.5, 0.6) is 0 Å². The second-order valence-corrected chi connectivity index (χ2v) is 23.0. The zero-order valence-corrected chi connectivity index (χ0v) is 83.7. The third-order valence-electron chi connectivity index (χ3n) is 13.8. The lowest BCUT2D eigenvalue weighted by molar-refractivity contribution is -0.138. The molecule has 0 aromatic carbocycles. The van der Waals surface area contributed by atoms with E-state index in [4.69, 9.17) is 203 Å². The van der Waals surface area contributed by atoms with E-state index in [0.29, 0.717) is 277 Å². The van der Waals surface area contributed by atoms with Gasteiger partial charge in [-0.3, -0.25) is 14.4 Å². The second kappa shape index (κ2) is 239. The van der Waals surface area contributed by atoms with Gasteiger partial charge in [-0.15, -0.1) is 0 Å². The topological polar surface area (TPSA) is 747 Å². The van der Waals surface area contributed by atoms with Crippen molar-refractivity contribution < 1.29 is 205 Å². The van der Waals surface area contributed by atoms with Crippen molar-refractivity contribution in [2.45, 2.75) is 142 Å². The van der Waals surface area contributed by atoms with Gasteiger partial charge in [0.15, 0.2) is 6.17 Å². The average Bonchev–Trinajstić information content (AvgIpc) is 1.01. The fourth-order valence-electron chi connectivity index (χ4n) is 8.29. The summed E-state index contributed by atoms with van der Waals surface area (Å²) in [4.78, 5) is 186. The van der Waals surface area contributed by atoms with Crippen LogP contribution in [0, 0.1) is 0 Å². The minimum atomic E-state index is -1.23. The highest BCUT2D eigenvalue weighted by atomic mass is 16.6. The molecule has 0 aliphatic rings. The van der Waals surface area contributed by atoms with Gasteiger partial charge in [0.05, 0.1) is 251 Å². The van der Waals surface area contributed by atoms with Gasteiger partial charge in [-0.1, -0.05) is 96.3 Å². The van der Waals surface area contributed by atoms with Crippen molar-refractivity contribution >= 4 is 146 Å². The summed E-state index contributed by atoms with van der Waals surface area (Å²) >= 11 is 0. The van der Waals surface area contributed by atoms with Crippen molar-refractivity contribution in [3.8, 4) is 0 Å². The summed E-state index contributed by atoms with van der Waals surface area (Å²) in [5.74, 6) is -1.48. The molecule has 51 nitrogen and oxygen atoms in total. The van der Waals surface area contributed by atoms with Gasteiger partial charge in [-0.25, -0.2) is 4.79 Å². The number of hydrogen-bond acceptors (Lipinski definition) is 47. The standard InChI is InChI=1S/C42H86N2O20.C26H54N4O3.C2H6N2O2.18CH2O/c1-42(45)44-3-5-47-7-9-49-11-13-51-15-17-53-19-21-55-23-25-57-27-29-59-31-33-61-35-37-63-39-41-64-40-38-62-36-34-60-32-30-58-28-26-56-24-22-54-20-18-52-16-14-50-12-10-48-8-6-46-4-2-43;1-24(31)29-21-19-23-33-22-18-16-14-12-10-8-6-4-2-3-5-7-9-11-13-15-17-20-30-26(32)25(27)28;3-1(4)2(5)6;18*1-2/h2-41,43H2,1H3,(H,44,45);25H,2-23,27-28H2,1H3,(H,29,31)(H,30,32);1H,3-4H2,(H,5,6);18*1H2. The van der Waals surface area contributed by atoms with Crippen molar-refractivity contribution in [2.75, 3.05) is 290 Å². The normalized spacial score (nSPS) is 8.90. The quantitative estimate of drug-likeness (QED) is 0.0258. The van der Waals surface area contributed by atoms with E-state index in [2.05, 4.69) is 27.4 Å². The van der Waals surface area contributed by atoms with Crippen LogP contribution in [0.1, 0.15) is 129 Å². The Hall–Kier alpha value is -9.06. The SMILES string of the molecule is C=O.C=O.C=O.C=O.C=O.C=O.C=O.C=O.C=O.C=O.C=O.C=O.C=O.C=O.C=O.C=O.C=O.C=O.CC(=O)NCCCOCCCCCCCCCCCCCCCCCCCNC(=O)C(N)N.CC(=O)NCCOCCOCCOCCOCCOCCOCCOCCOCCOCCOCCOCCOCCOCCOCCOCCOCCOCCOCCOCCN.NC(N)C(=O)O. The molecule has 0 aromatic rings. The lowest BCUT2D eigenvalue weighted by Gasteiger charge is -2.09. The Kier molecular flexibility index (Phi) is 313. The predicted octanol–water partition coefficient (Wildman–Crippen LogP) is -1.10. The Bertz CT molecular complexity index is 1950. The Morgan fingerprint density at radius 3 is 0.475 bits per heavy atom. The highest BCUT2D eigenvalue weighted by Gasteiger charge is 2.07. The van der Waals surface area contributed by atoms with Crippen molar-refractivity contribution in [2.24, 2.45) is 28.7 Å². The number of unbranched alkanes of at least 4 members (excludes halogenated alkanes) is 16. The van der Waals surface area contributed by atoms with E-state index in [0.717, 1.165) is 38.9 Å². The molecule has 14 N–H and O–H groups in total. The smallest absolute Gasteiger partial charge is 0.335 e. The number of ether oxygens (including phenoxy) is 20. The summed E-state index contributed by atoms with van der Waals surface area (Å²) in [6.45, 7) is 61.9. The van der Waals surface area contributed by atoms with Crippen molar-refractivity contribution in [1.29, 1.82) is 0 Å². The first-order valence-corrected chi connectivity index (χ1v) is 42.9. The van der Waals surface area contributed by atoms with Crippen LogP contribution < -0.4 is 44.6 Å². The Morgan fingerprint density at radius 2 is 0.317 bits per heavy atom. The van der Waals surface area contributed by atoms with Gasteiger partial charge in [0.25, 0.3) is 5.91 Å². The van der Waals surface area contributed by atoms with Gasteiger partial charge in [0.1, 0.15) is 128 Å². The predicted molar refractivity (Wildman–Crippen MR) is 519 cm³/mol. The Labute approximate surface area is 825 Å². The summed E-state index contributed by atoms with van der Waals surface area (Å²) in [7, 11) is 0. The van der Waals surface area contributed by atoms with E-state index < -0.39 is 18.3 Å². The van der Waals surface area contributed by atoms with Crippen molar-refractivity contribution in [3.63, 3.8) is 0 Å². The summed E-state index contributed by atoms with van der Waals surface area (Å²) in [5.41, 5.74) is 25.2. The number of amides is 3. The number of carbonyl (C=O) groups excluding carboxylic acids is 21. The average molecular weight is 2040 g/mol. The first kappa shape index (κ1) is 182. The summed E-state index contributed by atoms with van der Waals surface area (Å²) in [5, 5.41) is 15.9. The largest absolute Gasteiger partial charge is 0.479 e. The first-order chi connectivity index (χ1) is 68.4. The van der Waals surface area contributed by atoms with Gasteiger partial charge in [0.2, 0.25) is 11.8 Å². The van der Waals surface area contributed by atoms with Gasteiger partial charge in [-0.2, -0.15) is 0 Å². The number of rotatable bonds is 85. The molecule has 51 heteroatoms. The van der Waals surface area contributed by atoms with E-state index in [1.807, 2.05) is 122 Å². The Balaban J connectivity index is -0.0000000814. The zero-order chi connectivity index (χ0) is 112. The fraction of sp³-hybridized carbons (Fsp3) is 0.750. The molecule has 0 radical (unpaired) electrons. The Morgan fingerprint density at radius 1 is 0.187 bits per heavy atom. The van der Waals surface area contributed by atoms with Crippen LogP contribution in [0.15, 0.2) is 0 Å². The van der Waals surface area contributed by atoms with Crippen molar-refractivity contribution in [1.82, 2.24) is 16.0 Å². The van der Waals surface area contributed by atoms with Crippen LogP contribution in [0.2, 0.25) is 0 Å². The van der Waals surface area contributed by atoms with Crippen LogP contribution in [-0.2, 0) is 200 Å². The molecular formula is C88H182N8O43. The molecule has 0 spiro atoms. The minimum Gasteiger partial charge on any atom is -0.479 e. The number of carbonyl (C=O) groups is 22. The molecule has 0 aliphatic heterocycles. The third-order valence-corrected chi connectivity index (χ3v) is 13.8. The molecule has 0 fully saturated rings. The number of hydrogen-bond donors (Lipinski definition) is 9. The lowest BCUT2D eigenvalue weighted by atomic mass is 10.0. The zero-order valence-electron chi connectivity index (χ0n) is 83.7. The van der Waals surface area contributed by atoms with Crippen LogP contribution in [0.3, 0.4) is 0 Å². The van der Waals surface area contributed by atoms with E-state index in [9.17, 15) is 19.2 Å². The molecule has 0 heterocycles. The first-order valence-electron chi connectivity index (χ1n) is 42.9. The fourth-order valence-corrected chi connectivity index (χ4v) is 8.29. The van der Waals surface area contributed by atoms with E-state index in [1.165, 1.54) is 96.8 Å². The van der Waals surface area contributed by atoms with Gasteiger partial charge in [-0.05, 0) is 19.3 Å². The number of carboxylic acid groups (broad SMARTS) is 1. The highest BCUT2D eigenvalue weighted by Crippen LogP contribution is 2.14. The van der Waals surface area contributed by atoms with Crippen molar-refractivity contribution in [3.05, 3.63) is 0 Å². The summed E-state index contributed by atoms with van der Waals surface area (Å²) < 4.78 is 109. The lowest BCUT2D eigenvalue weighted by Crippen LogP contribution is -2.46. The molecular weight excluding hydrogens is 1860 g/mol. The maximum atomic E-state index is 11.2. The van der Waals surface area contributed by atoms with Gasteiger partial charge < -0.3 is 231 Å². The molecule has 0 bridgehead atoms. The molecule has 0 saturated heterocycles. The third kappa shape index (κ3) is 269. The van der Waals surface area contributed by atoms with Gasteiger partial charge in [0, 0.05) is 53.2 Å². The van der Waals surface area contributed by atoms with Crippen LogP contribution in [-0.4, -0.2) is 454 Å². The molecule has 0 unspecified atom stereocenters. The molecule has 0 aliphatic carbocycles. The molecule has 0 aromatic heterocycles. The molecule has 0 rings (SSSR count). The molecule has 0 saturated carbocycles. The second-order valence-electron chi connectivity index (χ2n) is 23.0. The maximum absolute atomic E-state index is 11.2. The van der Waals surface area contributed by atoms with E-state index in [-0.39, 0.29) is 17.7 Å². The number of nitrogens with one attached hydrogen (secondary N) is 3. The van der Waals surface area contributed by atoms with E-state index >= 15 is 0 Å². The van der Waals surface area contributed by atoms with Crippen LogP contribution >= 0.6 is 0 Å². The maximum Gasteiger partial charge on any atom is 0.335 e. The molecule has 139 heavy (non-hydrogen) atoms. The molecule has 3 amide bonds. The number of nitrogens with two attached hydrogens (primary N) is 5. The minimum absolute atomic E-state index is 0.0322. The van der Waals surface area contributed by atoms with E-state index in [1.54, 1.807) is 6.92 Å². The highest BCUT2D eigenvalue weighted by molar-refractivity contribution is 5.80.